The van der Waals surface area contributed by atoms with Gasteiger partial charge in [-0.15, -0.1) is 11.3 Å². The molecular formula is C18H23N5OS. The number of likely N-dealkylation sites (tertiary alicyclic amines) is 1. The Kier molecular flexibility index (Phi) is 3.87. The van der Waals surface area contributed by atoms with Gasteiger partial charge >= 0.3 is 0 Å². The number of H-pyrrole nitrogens is 1. The third kappa shape index (κ3) is 2.80. The van der Waals surface area contributed by atoms with Gasteiger partial charge in [0, 0.05) is 11.5 Å². The highest BCUT2D eigenvalue weighted by Gasteiger charge is 2.23. The highest BCUT2D eigenvalue weighted by atomic mass is 32.1. The number of thiophene rings is 1. The van der Waals surface area contributed by atoms with Crippen LogP contribution in [0.5, 0.6) is 0 Å². The molecule has 5 heterocycles. The normalized spacial score (nSPS) is 23.0. The van der Waals surface area contributed by atoms with Crippen LogP contribution >= 0.6 is 11.3 Å². The van der Waals surface area contributed by atoms with E-state index in [0.29, 0.717) is 6.04 Å². The number of nitrogens with zero attached hydrogens (tertiary/aromatic N) is 4. The Bertz CT molecular complexity index is 867. The predicted molar refractivity (Wildman–Crippen MR) is 98.9 cm³/mol. The molecule has 2 aliphatic heterocycles. The van der Waals surface area contributed by atoms with Crippen molar-refractivity contribution in [1.29, 1.82) is 0 Å². The van der Waals surface area contributed by atoms with Crippen LogP contribution in [0.1, 0.15) is 42.7 Å². The lowest BCUT2D eigenvalue weighted by Crippen LogP contribution is -2.31. The molecule has 7 heteroatoms. The molecule has 132 valence electrons. The molecule has 1 atom stereocenters. The standard InChI is InChI=1S/C18H23N5OS/c1-22-8-6-12(7-9-22)23-18-13(11-19-23)20-17(21-18)16-5-4-15(25-16)14-3-2-10-24-14/h4-5,11-12,14H,2-3,6-10H2,1H3,(H,20,21). The summed E-state index contributed by atoms with van der Waals surface area (Å²) in [6, 6.07) is 4.80. The van der Waals surface area contributed by atoms with E-state index in [1.165, 1.54) is 9.75 Å². The lowest BCUT2D eigenvalue weighted by Gasteiger charge is -2.28. The smallest absolute Gasteiger partial charge is 0.177 e. The van der Waals surface area contributed by atoms with Crippen molar-refractivity contribution in [3.05, 3.63) is 23.2 Å². The first-order chi connectivity index (χ1) is 12.3. The van der Waals surface area contributed by atoms with Crippen LogP contribution in [0, 0.1) is 0 Å². The molecule has 1 N–H and O–H groups in total. The Morgan fingerprint density at radius 2 is 2.12 bits per heavy atom. The van der Waals surface area contributed by atoms with Gasteiger partial charge in [0.2, 0.25) is 0 Å². The van der Waals surface area contributed by atoms with E-state index in [1.54, 1.807) is 11.3 Å². The first kappa shape index (κ1) is 15.5. The molecule has 2 saturated heterocycles. The Balaban J connectivity index is 1.43. The summed E-state index contributed by atoms with van der Waals surface area (Å²) in [5.74, 6) is 0.948. The molecule has 3 aromatic rings. The van der Waals surface area contributed by atoms with E-state index in [0.717, 1.165) is 62.4 Å². The van der Waals surface area contributed by atoms with Crippen molar-refractivity contribution in [2.45, 2.75) is 37.8 Å². The van der Waals surface area contributed by atoms with Crippen molar-refractivity contribution in [3.63, 3.8) is 0 Å². The van der Waals surface area contributed by atoms with Crippen LogP contribution in [-0.4, -0.2) is 51.4 Å². The first-order valence-electron chi connectivity index (χ1n) is 9.11. The Morgan fingerprint density at radius 1 is 1.24 bits per heavy atom. The quantitative estimate of drug-likeness (QED) is 0.778. The number of rotatable bonds is 3. The lowest BCUT2D eigenvalue weighted by molar-refractivity contribution is 0.114. The molecule has 0 saturated carbocycles. The van der Waals surface area contributed by atoms with Gasteiger partial charge in [-0.3, -0.25) is 0 Å². The second-order valence-corrected chi connectivity index (χ2v) is 8.27. The third-order valence-electron chi connectivity index (χ3n) is 5.38. The molecule has 0 amide bonds. The number of aromatic amines is 1. The minimum atomic E-state index is 0.276. The zero-order chi connectivity index (χ0) is 16.8. The number of nitrogens with one attached hydrogen (secondary N) is 1. The lowest BCUT2D eigenvalue weighted by atomic mass is 10.1. The number of aromatic nitrogens is 4. The van der Waals surface area contributed by atoms with Gasteiger partial charge in [0.15, 0.2) is 11.5 Å². The van der Waals surface area contributed by atoms with Crippen LogP contribution in [0.4, 0.5) is 0 Å². The van der Waals surface area contributed by atoms with E-state index in [1.807, 2.05) is 6.20 Å². The van der Waals surface area contributed by atoms with Crippen LogP contribution < -0.4 is 0 Å². The summed E-state index contributed by atoms with van der Waals surface area (Å²) < 4.78 is 7.92. The van der Waals surface area contributed by atoms with Crippen molar-refractivity contribution in [3.8, 4) is 10.7 Å². The van der Waals surface area contributed by atoms with E-state index in [9.17, 15) is 0 Å². The molecule has 0 aliphatic carbocycles. The largest absolute Gasteiger partial charge is 0.373 e. The zero-order valence-corrected chi connectivity index (χ0v) is 15.3. The number of hydrogen-bond acceptors (Lipinski definition) is 5. The summed E-state index contributed by atoms with van der Waals surface area (Å²) in [4.78, 5) is 13.2. The summed E-state index contributed by atoms with van der Waals surface area (Å²) in [5, 5.41) is 4.59. The molecule has 0 spiro atoms. The van der Waals surface area contributed by atoms with Gasteiger partial charge in [0.25, 0.3) is 0 Å². The fourth-order valence-corrected chi connectivity index (χ4v) is 4.93. The second kappa shape index (κ2) is 6.23. The van der Waals surface area contributed by atoms with E-state index >= 15 is 0 Å². The van der Waals surface area contributed by atoms with Crippen molar-refractivity contribution >= 4 is 22.5 Å². The van der Waals surface area contributed by atoms with Gasteiger partial charge in [0.1, 0.15) is 5.52 Å². The van der Waals surface area contributed by atoms with Crippen molar-refractivity contribution in [2.75, 3.05) is 26.7 Å². The number of hydrogen-bond donors (Lipinski definition) is 1. The maximum Gasteiger partial charge on any atom is 0.177 e. The van der Waals surface area contributed by atoms with Gasteiger partial charge in [-0.2, -0.15) is 5.10 Å². The monoisotopic (exact) mass is 357 g/mol. The Labute approximate surface area is 150 Å². The predicted octanol–water partition coefficient (Wildman–Crippen LogP) is 3.61. The molecule has 0 radical (unpaired) electrons. The van der Waals surface area contributed by atoms with E-state index in [4.69, 9.17) is 9.72 Å². The van der Waals surface area contributed by atoms with E-state index < -0.39 is 0 Å². The molecule has 3 aromatic heterocycles. The topological polar surface area (TPSA) is 59.0 Å². The van der Waals surface area contributed by atoms with Crippen LogP contribution in [-0.2, 0) is 4.74 Å². The number of ether oxygens (including phenoxy) is 1. The van der Waals surface area contributed by atoms with Crippen LogP contribution in [0.3, 0.4) is 0 Å². The van der Waals surface area contributed by atoms with Crippen molar-refractivity contribution in [2.24, 2.45) is 0 Å². The van der Waals surface area contributed by atoms with Gasteiger partial charge in [-0.25, -0.2) is 9.67 Å². The summed E-state index contributed by atoms with van der Waals surface area (Å²) in [6.45, 7) is 3.13. The molecule has 2 fully saturated rings. The van der Waals surface area contributed by atoms with E-state index in [-0.39, 0.29) is 6.10 Å². The average Bonchev–Trinajstić information content (AvgIpc) is 3.37. The summed E-state index contributed by atoms with van der Waals surface area (Å²) >= 11 is 1.79. The maximum atomic E-state index is 5.80. The number of piperidine rings is 1. The Morgan fingerprint density at radius 3 is 2.92 bits per heavy atom. The molecular weight excluding hydrogens is 334 g/mol. The first-order valence-corrected chi connectivity index (χ1v) is 9.93. The highest BCUT2D eigenvalue weighted by Crippen LogP contribution is 2.37. The SMILES string of the molecule is CN1CCC(n2ncc3[nH]c(-c4ccc(C5CCCO5)s4)nc32)CC1. The zero-order valence-electron chi connectivity index (χ0n) is 14.4. The molecule has 6 nitrogen and oxygen atoms in total. The molecule has 0 bridgehead atoms. The van der Waals surface area contributed by atoms with Gasteiger partial charge < -0.3 is 14.6 Å². The fourth-order valence-electron chi connectivity index (χ4n) is 3.90. The minimum Gasteiger partial charge on any atom is -0.373 e. The van der Waals surface area contributed by atoms with Crippen molar-refractivity contribution < 1.29 is 4.74 Å². The highest BCUT2D eigenvalue weighted by molar-refractivity contribution is 7.15. The fraction of sp³-hybridized carbons (Fsp3) is 0.556. The van der Waals surface area contributed by atoms with Gasteiger partial charge in [0.05, 0.1) is 23.2 Å². The van der Waals surface area contributed by atoms with Crippen LogP contribution in [0.25, 0.3) is 21.9 Å². The molecule has 5 rings (SSSR count). The molecule has 2 aliphatic rings. The average molecular weight is 357 g/mol. The summed E-state index contributed by atoms with van der Waals surface area (Å²) in [6.07, 6.45) is 6.76. The van der Waals surface area contributed by atoms with Crippen LogP contribution in [0.15, 0.2) is 18.3 Å². The summed E-state index contributed by atoms with van der Waals surface area (Å²) in [5.41, 5.74) is 2.01. The van der Waals surface area contributed by atoms with Gasteiger partial charge in [-0.1, -0.05) is 0 Å². The van der Waals surface area contributed by atoms with E-state index in [2.05, 4.69) is 38.8 Å². The third-order valence-corrected chi connectivity index (χ3v) is 6.57. The molecule has 0 aromatic carbocycles. The minimum absolute atomic E-state index is 0.276. The number of imidazole rings is 1. The molecule has 1 unspecified atom stereocenters. The van der Waals surface area contributed by atoms with Gasteiger partial charge in [-0.05, 0) is 58.0 Å². The van der Waals surface area contributed by atoms with Crippen molar-refractivity contribution in [1.82, 2.24) is 24.6 Å². The maximum absolute atomic E-state index is 5.80. The molecule has 25 heavy (non-hydrogen) atoms. The Hall–Kier alpha value is -1.70. The second-order valence-electron chi connectivity index (χ2n) is 7.15. The number of fused-ring (bicyclic) bond motifs is 1. The van der Waals surface area contributed by atoms with Crippen LogP contribution in [0.2, 0.25) is 0 Å². The summed E-state index contributed by atoms with van der Waals surface area (Å²) in [7, 11) is 2.18.